The fraction of sp³-hybridized carbons (Fsp3) is 1.00. The monoisotopic (exact) mass is 241 g/mol. The number of rotatable bonds is 9. The highest BCUT2D eigenvalue weighted by Crippen LogP contribution is 2.16. The van der Waals surface area contributed by atoms with E-state index in [-0.39, 0.29) is 0 Å². The largest absolute Gasteiger partial charge is 0.315 e. The Kier molecular flexibility index (Phi) is 7.82. The van der Waals surface area contributed by atoms with Crippen LogP contribution >= 0.6 is 0 Å². The number of nitrogens with one attached hydrogen (secondary N) is 1. The lowest BCUT2D eigenvalue weighted by molar-refractivity contribution is 0.199. The van der Waals surface area contributed by atoms with Gasteiger partial charge in [0.05, 0.1) is 0 Å². The maximum Gasteiger partial charge on any atom is 0.0223 e. The van der Waals surface area contributed by atoms with Crippen molar-refractivity contribution in [3.05, 3.63) is 0 Å². The SMILES string of the molecule is CCCCNCCN(C)CC1CCCN1CC. The molecule has 1 aliphatic rings. The van der Waals surface area contributed by atoms with E-state index in [4.69, 9.17) is 0 Å². The van der Waals surface area contributed by atoms with Crippen molar-refractivity contribution in [1.82, 2.24) is 15.1 Å². The Morgan fingerprint density at radius 1 is 1.29 bits per heavy atom. The van der Waals surface area contributed by atoms with Gasteiger partial charge in [-0.15, -0.1) is 0 Å². The number of hydrogen-bond acceptors (Lipinski definition) is 3. The van der Waals surface area contributed by atoms with Crippen molar-refractivity contribution in [2.45, 2.75) is 45.6 Å². The Hall–Kier alpha value is -0.120. The lowest BCUT2D eigenvalue weighted by Gasteiger charge is -2.27. The second-order valence-electron chi connectivity index (χ2n) is 5.29. The van der Waals surface area contributed by atoms with Gasteiger partial charge >= 0.3 is 0 Å². The Morgan fingerprint density at radius 2 is 2.12 bits per heavy atom. The summed E-state index contributed by atoms with van der Waals surface area (Å²) in [6.45, 7) is 11.8. The van der Waals surface area contributed by atoms with Crippen molar-refractivity contribution in [2.75, 3.05) is 46.3 Å². The zero-order chi connectivity index (χ0) is 12.5. The van der Waals surface area contributed by atoms with Crippen LogP contribution in [0.2, 0.25) is 0 Å². The smallest absolute Gasteiger partial charge is 0.0223 e. The first kappa shape index (κ1) is 14.9. The summed E-state index contributed by atoms with van der Waals surface area (Å²) in [6.07, 6.45) is 5.37. The van der Waals surface area contributed by atoms with Crippen molar-refractivity contribution < 1.29 is 0 Å². The molecule has 1 heterocycles. The average Bonchev–Trinajstić information content (AvgIpc) is 2.76. The van der Waals surface area contributed by atoms with Crippen molar-refractivity contribution in [3.63, 3.8) is 0 Å². The molecule has 1 aliphatic heterocycles. The molecule has 0 spiro atoms. The fourth-order valence-corrected chi connectivity index (χ4v) is 2.67. The van der Waals surface area contributed by atoms with Crippen molar-refractivity contribution in [1.29, 1.82) is 0 Å². The predicted octanol–water partition coefficient (Wildman–Crippen LogP) is 1.79. The first-order chi connectivity index (χ1) is 8.27. The van der Waals surface area contributed by atoms with Crippen molar-refractivity contribution in [2.24, 2.45) is 0 Å². The highest BCUT2D eigenvalue weighted by atomic mass is 15.2. The number of hydrogen-bond donors (Lipinski definition) is 1. The van der Waals surface area contributed by atoms with E-state index in [0.717, 1.165) is 12.6 Å². The minimum absolute atomic E-state index is 0.806. The topological polar surface area (TPSA) is 18.5 Å². The molecule has 1 N–H and O–H groups in total. The number of unbranched alkanes of at least 4 members (excludes halogenated alkanes) is 1. The van der Waals surface area contributed by atoms with E-state index in [9.17, 15) is 0 Å². The van der Waals surface area contributed by atoms with Crippen LogP contribution in [0.5, 0.6) is 0 Å². The Balaban J connectivity index is 2.05. The van der Waals surface area contributed by atoms with E-state index < -0.39 is 0 Å². The molecule has 1 saturated heterocycles. The van der Waals surface area contributed by atoms with Crippen LogP contribution in [0, 0.1) is 0 Å². The van der Waals surface area contributed by atoms with Crippen LogP contribution in [0.4, 0.5) is 0 Å². The second kappa shape index (κ2) is 8.90. The zero-order valence-corrected chi connectivity index (χ0v) is 12.0. The molecule has 0 radical (unpaired) electrons. The molecule has 102 valence electrons. The number of likely N-dealkylation sites (tertiary alicyclic amines) is 1. The molecule has 1 fully saturated rings. The van der Waals surface area contributed by atoms with Gasteiger partial charge in [0, 0.05) is 25.7 Å². The summed E-state index contributed by atoms with van der Waals surface area (Å²) < 4.78 is 0. The van der Waals surface area contributed by atoms with Gasteiger partial charge in [-0.2, -0.15) is 0 Å². The summed E-state index contributed by atoms with van der Waals surface area (Å²) in [6, 6.07) is 0.806. The summed E-state index contributed by atoms with van der Waals surface area (Å²) in [5.41, 5.74) is 0. The van der Waals surface area contributed by atoms with E-state index in [1.165, 1.54) is 58.4 Å². The zero-order valence-electron chi connectivity index (χ0n) is 12.0. The highest BCUT2D eigenvalue weighted by Gasteiger charge is 2.23. The molecule has 0 bridgehead atoms. The van der Waals surface area contributed by atoms with E-state index in [1.54, 1.807) is 0 Å². The van der Waals surface area contributed by atoms with Crippen LogP contribution in [0.3, 0.4) is 0 Å². The molecular weight excluding hydrogens is 210 g/mol. The first-order valence-corrected chi connectivity index (χ1v) is 7.41. The van der Waals surface area contributed by atoms with Crippen LogP contribution in [-0.2, 0) is 0 Å². The summed E-state index contributed by atoms with van der Waals surface area (Å²) in [7, 11) is 2.26. The van der Waals surface area contributed by atoms with Gasteiger partial charge in [-0.05, 0) is 45.9 Å². The molecule has 0 aromatic carbocycles. The Morgan fingerprint density at radius 3 is 2.82 bits per heavy atom. The van der Waals surface area contributed by atoms with Crippen LogP contribution in [0.1, 0.15) is 39.5 Å². The molecular formula is C14H31N3. The third-order valence-corrected chi connectivity index (χ3v) is 3.81. The lowest BCUT2D eigenvalue weighted by atomic mass is 10.2. The standard InChI is InChI=1S/C14H31N3/c1-4-6-9-15-10-12-16(3)13-14-8-7-11-17(14)5-2/h14-15H,4-13H2,1-3H3. The molecule has 1 rings (SSSR count). The quantitative estimate of drug-likeness (QED) is 0.621. The summed E-state index contributed by atoms with van der Waals surface area (Å²) in [5.74, 6) is 0. The number of nitrogens with zero attached hydrogens (tertiary/aromatic N) is 2. The van der Waals surface area contributed by atoms with Gasteiger partial charge in [0.25, 0.3) is 0 Å². The minimum Gasteiger partial charge on any atom is -0.315 e. The maximum absolute atomic E-state index is 3.51. The molecule has 1 unspecified atom stereocenters. The first-order valence-electron chi connectivity index (χ1n) is 7.41. The summed E-state index contributed by atoms with van der Waals surface area (Å²) in [5, 5.41) is 3.51. The Labute approximate surface area is 108 Å². The van der Waals surface area contributed by atoms with E-state index in [0.29, 0.717) is 0 Å². The average molecular weight is 241 g/mol. The van der Waals surface area contributed by atoms with Gasteiger partial charge in [0.15, 0.2) is 0 Å². The van der Waals surface area contributed by atoms with Gasteiger partial charge in [0.1, 0.15) is 0 Å². The molecule has 0 amide bonds. The fourth-order valence-electron chi connectivity index (χ4n) is 2.67. The Bertz CT molecular complexity index is 184. The highest BCUT2D eigenvalue weighted by molar-refractivity contribution is 4.80. The lowest BCUT2D eigenvalue weighted by Crippen LogP contribution is -2.40. The van der Waals surface area contributed by atoms with Gasteiger partial charge in [0.2, 0.25) is 0 Å². The summed E-state index contributed by atoms with van der Waals surface area (Å²) >= 11 is 0. The molecule has 0 aromatic rings. The van der Waals surface area contributed by atoms with E-state index in [2.05, 4.69) is 36.0 Å². The number of likely N-dealkylation sites (N-methyl/N-ethyl adjacent to an activating group) is 2. The van der Waals surface area contributed by atoms with Crippen LogP contribution in [0.15, 0.2) is 0 Å². The van der Waals surface area contributed by atoms with Crippen LogP contribution in [0.25, 0.3) is 0 Å². The third-order valence-electron chi connectivity index (χ3n) is 3.81. The third kappa shape index (κ3) is 5.84. The summed E-state index contributed by atoms with van der Waals surface area (Å²) in [4.78, 5) is 5.11. The van der Waals surface area contributed by atoms with Crippen molar-refractivity contribution >= 4 is 0 Å². The molecule has 3 nitrogen and oxygen atoms in total. The van der Waals surface area contributed by atoms with E-state index >= 15 is 0 Å². The minimum atomic E-state index is 0.806. The van der Waals surface area contributed by atoms with Gasteiger partial charge in [-0.1, -0.05) is 20.3 Å². The second-order valence-corrected chi connectivity index (χ2v) is 5.29. The molecule has 0 aromatic heterocycles. The van der Waals surface area contributed by atoms with E-state index in [1.807, 2.05) is 0 Å². The molecule has 0 saturated carbocycles. The molecule has 3 heteroatoms. The maximum atomic E-state index is 3.51. The van der Waals surface area contributed by atoms with Gasteiger partial charge < -0.3 is 10.2 Å². The van der Waals surface area contributed by atoms with Crippen LogP contribution in [-0.4, -0.2) is 62.2 Å². The molecule has 1 atom stereocenters. The molecule has 0 aliphatic carbocycles. The molecule has 17 heavy (non-hydrogen) atoms. The van der Waals surface area contributed by atoms with Crippen molar-refractivity contribution in [3.8, 4) is 0 Å². The normalized spacial score (nSPS) is 21.5. The van der Waals surface area contributed by atoms with Gasteiger partial charge in [-0.3, -0.25) is 4.90 Å². The predicted molar refractivity (Wildman–Crippen MR) is 75.5 cm³/mol. The van der Waals surface area contributed by atoms with Gasteiger partial charge in [-0.25, -0.2) is 0 Å². The van der Waals surface area contributed by atoms with Crippen LogP contribution < -0.4 is 5.32 Å².